The summed E-state index contributed by atoms with van der Waals surface area (Å²) in [5, 5.41) is 17.2. The molecule has 0 spiro atoms. The van der Waals surface area contributed by atoms with Crippen LogP contribution >= 0.6 is 0 Å². The quantitative estimate of drug-likeness (QED) is 0.932. The van der Waals surface area contributed by atoms with Gasteiger partial charge in [-0.2, -0.15) is 5.26 Å². The molecule has 5 heteroatoms. The zero-order chi connectivity index (χ0) is 16.4. The third-order valence-electron chi connectivity index (χ3n) is 4.79. The molecule has 1 aromatic rings. The van der Waals surface area contributed by atoms with E-state index >= 15 is 0 Å². The van der Waals surface area contributed by atoms with Crippen LogP contribution in [0.2, 0.25) is 0 Å². The molecule has 1 aliphatic heterocycles. The van der Waals surface area contributed by atoms with Gasteiger partial charge >= 0.3 is 0 Å². The van der Waals surface area contributed by atoms with Crippen LogP contribution in [-0.4, -0.2) is 32.2 Å². The Labute approximate surface area is 136 Å². The van der Waals surface area contributed by atoms with Gasteiger partial charge in [-0.15, -0.1) is 0 Å². The Bertz CT molecular complexity index is 703. The first-order valence-electron chi connectivity index (χ1n) is 7.94. The van der Waals surface area contributed by atoms with E-state index in [2.05, 4.69) is 6.07 Å². The fourth-order valence-electron chi connectivity index (χ4n) is 3.52. The molecule has 2 aliphatic rings. The largest absolute Gasteiger partial charge is 0.493 e. The van der Waals surface area contributed by atoms with E-state index in [0.717, 1.165) is 36.4 Å². The summed E-state index contributed by atoms with van der Waals surface area (Å²) in [6.45, 7) is 0.767. The van der Waals surface area contributed by atoms with Crippen LogP contribution in [0.5, 0.6) is 11.5 Å². The third kappa shape index (κ3) is 2.81. The number of nitriles is 1. The van der Waals surface area contributed by atoms with Crippen LogP contribution in [0.15, 0.2) is 17.1 Å². The Morgan fingerprint density at radius 3 is 2.65 bits per heavy atom. The van der Waals surface area contributed by atoms with Gasteiger partial charge in [-0.25, -0.2) is 0 Å². The first-order valence-corrected chi connectivity index (χ1v) is 7.94. The Kier molecular flexibility index (Phi) is 4.33. The molecule has 2 atom stereocenters. The predicted molar refractivity (Wildman–Crippen MR) is 88.8 cm³/mol. The molecule has 1 aliphatic carbocycles. The lowest BCUT2D eigenvalue weighted by molar-refractivity contribution is 0.354. The van der Waals surface area contributed by atoms with Crippen molar-refractivity contribution in [3.63, 3.8) is 0 Å². The molecule has 0 amide bonds. The number of methoxy groups -OCH3 is 2. The number of hydrogen-bond acceptors (Lipinski definition) is 5. The third-order valence-corrected chi connectivity index (χ3v) is 4.79. The zero-order valence-electron chi connectivity index (χ0n) is 13.6. The van der Waals surface area contributed by atoms with E-state index in [-0.39, 0.29) is 11.8 Å². The minimum Gasteiger partial charge on any atom is -0.493 e. The first-order chi connectivity index (χ1) is 11.2. The van der Waals surface area contributed by atoms with Gasteiger partial charge in [0.25, 0.3) is 0 Å². The highest BCUT2D eigenvalue weighted by Gasteiger charge is 2.32. The monoisotopic (exact) mass is 311 g/mol. The van der Waals surface area contributed by atoms with E-state index < -0.39 is 0 Å². The summed E-state index contributed by atoms with van der Waals surface area (Å²) < 4.78 is 10.8. The normalized spacial score (nSPS) is 23.5. The highest BCUT2D eigenvalue weighted by atomic mass is 16.5. The summed E-state index contributed by atoms with van der Waals surface area (Å²) in [5.41, 5.74) is 3.97. The lowest BCUT2D eigenvalue weighted by Crippen LogP contribution is -2.30. The minimum atomic E-state index is -0.276. The van der Waals surface area contributed by atoms with Crippen LogP contribution in [0, 0.1) is 28.6 Å². The summed E-state index contributed by atoms with van der Waals surface area (Å²) in [6.07, 6.45) is 3.17. The number of ether oxygens (including phenoxy) is 2. The second-order valence-electron chi connectivity index (χ2n) is 6.06. The molecule has 3 rings (SSSR count). The average Bonchev–Trinajstić information content (AvgIpc) is 2.60. The molecular formula is C18H21N3O2. The van der Waals surface area contributed by atoms with E-state index in [1.54, 1.807) is 14.2 Å². The van der Waals surface area contributed by atoms with Crippen LogP contribution in [0.1, 0.15) is 30.4 Å². The fourth-order valence-corrected chi connectivity index (χ4v) is 3.52. The molecule has 1 N–H and O–H groups in total. The highest BCUT2D eigenvalue weighted by molar-refractivity contribution is 6.05. The van der Waals surface area contributed by atoms with Gasteiger partial charge in [-0.3, -0.25) is 4.99 Å². The Morgan fingerprint density at radius 1 is 1.22 bits per heavy atom. The van der Waals surface area contributed by atoms with Gasteiger partial charge < -0.3 is 14.9 Å². The Balaban J connectivity index is 1.96. The van der Waals surface area contributed by atoms with Gasteiger partial charge in [0.15, 0.2) is 11.5 Å². The van der Waals surface area contributed by atoms with Crippen molar-refractivity contribution in [2.24, 2.45) is 16.8 Å². The van der Waals surface area contributed by atoms with E-state index in [1.165, 1.54) is 5.56 Å². The summed E-state index contributed by atoms with van der Waals surface area (Å²) in [5.74, 6) is 1.42. The first kappa shape index (κ1) is 15.5. The van der Waals surface area contributed by atoms with Gasteiger partial charge in [0.05, 0.1) is 26.2 Å². The van der Waals surface area contributed by atoms with Crippen molar-refractivity contribution in [3.8, 4) is 17.6 Å². The SMILES string of the molecule is COc1cc2c(cc1OC)C(C1CCC(=N)C(C#N)C1)=NCC2. The maximum absolute atomic E-state index is 9.26. The van der Waals surface area contributed by atoms with Crippen LogP contribution in [-0.2, 0) is 6.42 Å². The van der Waals surface area contributed by atoms with E-state index in [9.17, 15) is 5.26 Å². The van der Waals surface area contributed by atoms with Gasteiger partial charge in [0, 0.05) is 29.4 Å². The lowest BCUT2D eigenvalue weighted by Gasteiger charge is -2.30. The summed E-state index contributed by atoms with van der Waals surface area (Å²) in [4.78, 5) is 4.76. The topological polar surface area (TPSA) is 78.5 Å². The number of rotatable bonds is 3. The zero-order valence-corrected chi connectivity index (χ0v) is 13.6. The second-order valence-corrected chi connectivity index (χ2v) is 6.06. The fraction of sp³-hybridized carbons (Fsp3) is 0.500. The average molecular weight is 311 g/mol. The van der Waals surface area contributed by atoms with Crippen molar-refractivity contribution in [1.29, 1.82) is 10.7 Å². The molecule has 2 unspecified atom stereocenters. The number of benzene rings is 1. The number of aliphatic imine (C=N–C) groups is 1. The molecule has 1 saturated carbocycles. The number of hydrogen-bond donors (Lipinski definition) is 1. The van der Waals surface area contributed by atoms with E-state index in [1.807, 2.05) is 12.1 Å². The van der Waals surface area contributed by atoms with Crippen molar-refractivity contribution in [2.75, 3.05) is 20.8 Å². The van der Waals surface area contributed by atoms with Crippen molar-refractivity contribution >= 4 is 11.4 Å². The molecular weight excluding hydrogens is 290 g/mol. The van der Waals surface area contributed by atoms with Gasteiger partial charge in [-0.05, 0) is 43.4 Å². The number of fused-ring (bicyclic) bond motifs is 1. The molecule has 23 heavy (non-hydrogen) atoms. The van der Waals surface area contributed by atoms with Crippen molar-refractivity contribution < 1.29 is 9.47 Å². The van der Waals surface area contributed by atoms with Gasteiger partial charge in [0.1, 0.15) is 0 Å². The van der Waals surface area contributed by atoms with Crippen LogP contribution in [0.4, 0.5) is 0 Å². The second kappa shape index (κ2) is 6.41. The van der Waals surface area contributed by atoms with Crippen molar-refractivity contribution in [3.05, 3.63) is 23.3 Å². The Hall–Kier alpha value is -2.35. The molecule has 0 radical (unpaired) electrons. The number of nitrogens with zero attached hydrogens (tertiary/aromatic N) is 2. The highest BCUT2D eigenvalue weighted by Crippen LogP contribution is 2.37. The summed E-state index contributed by atoms with van der Waals surface area (Å²) in [6, 6.07) is 6.31. The van der Waals surface area contributed by atoms with Crippen LogP contribution in [0.3, 0.4) is 0 Å². The summed E-state index contributed by atoms with van der Waals surface area (Å²) >= 11 is 0. The molecule has 0 aromatic heterocycles. The lowest BCUT2D eigenvalue weighted by atomic mass is 9.75. The predicted octanol–water partition coefficient (Wildman–Crippen LogP) is 3.01. The molecule has 1 aromatic carbocycles. The molecule has 0 saturated heterocycles. The number of nitrogens with one attached hydrogen (secondary N) is 1. The van der Waals surface area contributed by atoms with Crippen LogP contribution in [0.25, 0.3) is 0 Å². The molecule has 0 bridgehead atoms. The van der Waals surface area contributed by atoms with E-state index in [4.69, 9.17) is 19.9 Å². The van der Waals surface area contributed by atoms with Crippen molar-refractivity contribution in [2.45, 2.75) is 25.7 Å². The standard InChI is InChI=1S/C18H21N3O2/c1-22-16-8-11-5-6-21-18(14(11)9-17(16)23-2)12-3-4-15(20)13(7-12)10-19/h8-9,12-13,20H,3-7H2,1-2H3. The molecule has 1 heterocycles. The maximum Gasteiger partial charge on any atom is 0.161 e. The molecule has 1 fully saturated rings. The Morgan fingerprint density at radius 2 is 1.96 bits per heavy atom. The maximum atomic E-state index is 9.26. The minimum absolute atomic E-state index is 0.242. The van der Waals surface area contributed by atoms with Crippen molar-refractivity contribution in [1.82, 2.24) is 0 Å². The van der Waals surface area contributed by atoms with Crippen LogP contribution < -0.4 is 9.47 Å². The van der Waals surface area contributed by atoms with E-state index in [0.29, 0.717) is 24.3 Å². The summed E-state index contributed by atoms with van der Waals surface area (Å²) in [7, 11) is 3.28. The van der Waals surface area contributed by atoms with Gasteiger partial charge in [0.2, 0.25) is 0 Å². The molecule has 5 nitrogen and oxygen atoms in total. The van der Waals surface area contributed by atoms with Gasteiger partial charge in [-0.1, -0.05) is 0 Å². The molecule has 120 valence electrons. The smallest absolute Gasteiger partial charge is 0.161 e.